The molecule has 0 radical (unpaired) electrons. The minimum atomic E-state index is -1.07. The first-order chi connectivity index (χ1) is 18.3. The van der Waals surface area contributed by atoms with E-state index < -0.39 is 23.3 Å². The number of rotatable bonds is 6. The number of aromatic nitrogens is 2. The van der Waals surface area contributed by atoms with Crippen LogP contribution in [0.3, 0.4) is 0 Å². The predicted octanol–water partition coefficient (Wildman–Crippen LogP) is 3.18. The number of amides is 2. The second-order valence-corrected chi connectivity index (χ2v) is 8.28. The Bertz CT molecular complexity index is 1590. The first kappa shape index (κ1) is 25.8. The summed E-state index contributed by atoms with van der Waals surface area (Å²) in [5.41, 5.74) is 3.89. The molecule has 192 valence electrons. The summed E-state index contributed by atoms with van der Waals surface area (Å²) in [7, 11) is 1.68. The summed E-state index contributed by atoms with van der Waals surface area (Å²) < 4.78 is 8.48. The third kappa shape index (κ3) is 5.44. The Hall–Kier alpha value is -5.25. The number of nitrogens with one attached hydrogen (secondary N) is 2. The number of esters is 1. The van der Waals surface area contributed by atoms with E-state index in [1.165, 1.54) is 4.68 Å². The molecule has 1 heterocycles. The molecular formula is C28H25N5O5. The zero-order chi connectivity index (χ0) is 27.2. The van der Waals surface area contributed by atoms with Crippen LogP contribution in [0, 0.1) is 6.92 Å². The average molecular weight is 512 g/mol. The van der Waals surface area contributed by atoms with Crippen molar-refractivity contribution in [2.75, 3.05) is 5.32 Å². The minimum Gasteiger partial charge on any atom is -0.422 e. The summed E-state index contributed by atoms with van der Waals surface area (Å²) in [6, 6.07) is 24.1. The van der Waals surface area contributed by atoms with Crippen molar-refractivity contribution in [1.29, 1.82) is 0 Å². The van der Waals surface area contributed by atoms with Crippen molar-refractivity contribution in [2.45, 2.75) is 13.8 Å². The van der Waals surface area contributed by atoms with Gasteiger partial charge in [0.15, 0.2) is 0 Å². The Morgan fingerprint density at radius 1 is 0.842 bits per heavy atom. The maximum Gasteiger partial charge on any atom is 0.343 e. The number of nitrogens with zero attached hydrogens (tertiary/aromatic N) is 3. The van der Waals surface area contributed by atoms with Crippen LogP contribution in [0.5, 0.6) is 5.75 Å². The van der Waals surface area contributed by atoms with E-state index in [0.29, 0.717) is 28.2 Å². The second-order valence-electron chi connectivity index (χ2n) is 8.28. The first-order valence-corrected chi connectivity index (χ1v) is 11.6. The van der Waals surface area contributed by atoms with Gasteiger partial charge < -0.3 is 10.1 Å². The zero-order valence-electron chi connectivity index (χ0n) is 21.0. The smallest absolute Gasteiger partial charge is 0.343 e. The Labute approximate surface area is 218 Å². The van der Waals surface area contributed by atoms with Crippen molar-refractivity contribution in [3.63, 3.8) is 0 Å². The fraction of sp³-hybridized carbons (Fsp3) is 0.107. The van der Waals surface area contributed by atoms with Crippen LogP contribution in [0.4, 0.5) is 5.69 Å². The van der Waals surface area contributed by atoms with E-state index in [1.54, 1.807) is 104 Å². The summed E-state index contributed by atoms with van der Waals surface area (Å²) in [5, 5.41) is 6.37. The monoisotopic (exact) mass is 511 g/mol. The van der Waals surface area contributed by atoms with Crippen LogP contribution in [-0.4, -0.2) is 32.9 Å². The van der Waals surface area contributed by atoms with Gasteiger partial charge >= 0.3 is 17.8 Å². The molecule has 38 heavy (non-hydrogen) atoms. The number of benzene rings is 3. The minimum absolute atomic E-state index is 0.0182. The highest BCUT2D eigenvalue weighted by atomic mass is 16.5. The maximum atomic E-state index is 13.0. The topological polar surface area (TPSA) is 124 Å². The molecule has 4 aromatic rings. The van der Waals surface area contributed by atoms with Crippen LogP contribution in [0.15, 0.2) is 94.8 Å². The summed E-state index contributed by atoms with van der Waals surface area (Å²) in [5.74, 6) is -2.44. The lowest BCUT2D eigenvalue weighted by atomic mass is 10.1. The molecule has 4 rings (SSSR count). The van der Waals surface area contributed by atoms with Crippen molar-refractivity contribution >= 4 is 29.2 Å². The van der Waals surface area contributed by atoms with Gasteiger partial charge in [0.2, 0.25) is 0 Å². The Kier molecular flexibility index (Phi) is 7.62. The number of carbonyl (C=O) groups excluding carboxylic acids is 3. The lowest BCUT2D eigenvalue weighted by Crippen LogP contribution is -2.34. The number of carbonyl (C=O) groups is 3. The standard InChI is InChI=1S/C28H25N5O5/c1-18(22-16-10-11-17-23(22)38-28(37)20-12-6-4-7-13-20)30-31-26(35)25(34)29-24-19(2)32(3)33(27(24)36)21-14-8-5-9-15-21/h4-17H,1-3H3,(H,29,34)(H,31,35). The van der Waals surface area contributed by atoms with Crippen molar-refractivity contribution in [1.82, 2.24) is 14.8 Å². The lowest BCUT2D eigenvalue weighted by molar-refractivity contribution is -0.136. The van der Waals surface area contributed by atoms with Crippen molar-refractivity contribution in [3.05, 3.63) is 112 Å². The number of anilines is 1. The van der Waals surface area contributed by atoms with Gasteiger partial charge in [-0.2, -0.15) is 5.10 Å². The third-order valence-electron chi connectivity index (χ3n) is 5.81. The highest BCUT2D eigenvalue weighted by molar-refractivity contribution is 6.39. The van der Waals surface area contributed by atoms with Gasteiger partial charge in [-0.05, 0) is 50.2 Å². The Balaban J connectivity index is 1.47. The molecule has 3 aromatic carbocycles. The van der Waals surface area contributed by atoms with Crippen LogP contribution < -0.4 is 21.0 Å². The van der Waals surface area contributed by atoms with Crippen molar-refractivity contribution in [2.24, 2.45) is 12.1 Å². The molecule has 1 aromatic heterocycles. The largest absolute Gasteiger partial charge is 0.422 e. The van der Waals surface area contributed by atoms with E-state index in [9.17, 15) is 19.2 Å². The summed E-state index contributed by atoms with van der Waals surface area (Å²) >= 11 is 0. The quantitative estimate of drug-likeness (QED) is 0.135. The molecule has 10 nitrogen and oxygen atoms in total. The molecule has 0 atom stereocenters. The van der Waals surface area contributed by atoms with Crippen LogP contribution in [-0.2, 0) is 16.6 Å². The number of hydrogen-bond donors (Lipinski definition) is 2. The summed E-state index contributed by atoms with van der Waals surface area (Å²) in [6.45, 7) is 3.25. The van der Waals surface area contributed by atoms with Crippen LogP contribution in [0.1, 0.15) is 28.5 Å². The molecule has 0 fully saturated rings. The van der Waals surface area contributed by atoms with Gasteiger partial charge in [0.05, 0.1) is 22.7 Å². The van der Waals surface area contributed by atoms with Crippen LogP contribution >= 0.6 is 0 Å². The fourth-order valence-electron chi connectivity index (χ4n) is 3.72. The molecule has 2 N–H and O–H groups in total. The van der Waals surface area contributed by atoms with E-state index in [-0.39, 0.29) is 11.4 Å². The molecule has 0 aliphatic heterocycles. The number of ether oxygens (including phenoxy) is 1. The van der Waals surface area contributed by atoms with E-state index in [0.717, 1.165) is 0 Å². The predicted molar refractivity (Wildman–Crippen MR) is 143 cm³/mol. The fourth-order valence-corrected chi connectivity index (χ4v) is 3.72. The molecule has 0 saturated heterocycles. The molecule has 10 heteroatoms. The van der Waals surface area contributed by atoms with Crippen LogP contribution in [0.2, 0.25) is 0 Å². The Morgan fingerprint density at radius 2 is 1.45 bits per heavy atom. The SMILES string of the molecule is CC(=NNC(=O)C(=O)Nc1c(C)n(C)n(-c2ccccc2)c1=O)c1ccccc1OC(=O)c1ccccc1. The third-order valence-corrected chi connectivity index (χ3v) is 5.81. The highest BCUT2D eigenvalue weighted by Crippen LogP contribution is 2.20. The molecule has 0 unspecified atom stereocenters. The summed E-state index contributed by atoms with van der Waals surface area (Å²) in [4.78, 5) is 50.5. The van der Waals surface area contributed by atoms with Gasteiger partial charge in [0.1, 0.15) is 11.4 Å². The molecule has 0 saturated carbocycles. The van der Waals surface area contributed by atoms with Gasteiger partial charge in [0.25, 0.3) is 5.56 Å². The second kappa shape index (κ2) is 11.2. The Morgan fingerprint density at radius 3 is 2.13 bits per heavy atom. The van der Waals surface area contributed by atoms with E-state index in [1.807, 2.05) is 6.07 Å². The lowest BCUT2D eigenvalue weighted by Gasteiger charge is -2.10. The van der Waals surface area contributed by atoms with Crippen molar-refractivity contribution < 1.29 is 19.1 Å². The zero-order valence-corrected chi connectivity index (χ0v) is 21.0. The van der Waals surface area contributed by atoms with Gasteiger partial charge in [-0.15, -0.1) is 0 Å². The molecule has 0 spiro atoms. The van der Waals surface area contributed by atoms with Gasteiger partial charge in [-0.3, -0.25) is 19.1 Å². The molecule has 0 aliphatic rings. The highest BCUT2D eigenvalue weighted by Gasteiger charge is 2.22. The van der Waals surface area contributed by atoms with Gasteiger partial charge in [-0.1, -0.05) is 48.5 Å². The average Bonchev–Trinajstić information content (AvgIpc) is 3.15. The van der Waals surface area contributed by atoms with E-state index in [2.05, 4.69) is 15.8 Å². The number of para-hydroxylation sites is 2. The summed E-state index contributed by atoms with van der Waals surface area (Å²) in [6.07, 6.45) is 0. The van der Waals surface area contributed by atoms with E-state index in [4.69, 9.17) is 4.74 Å². The normalized spacial score (nSPS) is 11.1. The molecule has 0 aliphatic carbocycles. The molecular weight excluding hydrogens is 486 g/mol. The molecule has 2 amide bonds. The van der Waals surface area contributed by atoms with Crippen molar-refractivity contribution in [3.8, 4) is 11.4 Å². The first-order valence-electron chi connectivity index (χ1n) is 11.6. The number of hydrazone groups is 1. The number of hydrogen-bond acceptors (Lipinski definition) is 6. The van der Waals surface area contributed by atoms with Gasteiger partial charge in [0, 0.05) is 12.6 Å². The molecule has 0 bridgehead atoms. The van der Waals surface area contributed by atoms with Gasteiger partial charge in [-0.25, -0.2) is 14.9 Å². The van der Waals surface area contributed by atoms with Crippen LogP contribution in [0.25, 0.3) is 5.69 Å². The van der Waals surface area contributed by atoms with E-state index >= 15 is 0 Å². The maximum absolute atomic E-state index is 13.0.